The van der Waals surface area contributed by atoms with Crippen molar-refractivity contribution in [2.24, 2.45) is 0 Å². The van der Waals surface area contributed by atoms with E-state index in [0.717, 1.165) is 6.42 Å². The molecule has 1 amide bonds. The normalized spacial score (nSPS) is 16.0. The van der Waals surface area contributed by atoms with Gasteiger partial charge in [-0.2, -0.15) is 0 Å². The average molecular weight is 464 g/mol. The molecule has 176 valence electrons. The molecule has 1 fully saturated rings. The van der Waals surface area contributed by atoms with Crippen LogP contribution in [0.1, 0.15) is 43.9 Å². The molecular weight excluding hydrogens is 439 g/mol. The third kappa shape index (κ3) is 4.15. The summed E-state index contributed by atoms with van der Waals surface area (Å²) in [6, 6.07) is 8.95. The number of hydrogen-bond donors (Lipinski definition) is 2. The van der Waals surface area contributed by atoms with Gasteiger partial charge in [-0.15, -0.1) is 5.92 Å². The SMILES string of the molecule is CC#CC(O)(CC1(c2cc(F)ccc2OC)CCC1)C(=O)Nc1ccc2c(=O)onc(C)c2c1. The molecular formula is C26H25FN2O5. The van der Waals surface area contributed by atoms with Crippen molar-refractivity contribution < 1.29 is 23.6 Å². The van der Waals surface area contributed by atoms with Gasteiger partial charge in [-0.3, -0.25) is 4.79 Å². The number of carbonyl (C=O) groups excluding carboxylic acids is 1. The highest BCUT2D eigenvalue weighted by atomic mass is 19.1. The molecule has 1 aromatic heterocycles. The Bertz CT molecular complexity index is 1380. The lowest BCUT2D eigenvalue weighted by Gasteiger charge is -2.46. The van der Waals surface area contributed by atoms with E-state index in [0.29, 0.717) is 46.3 Å². The summed E-state index contributed by atoms with van der Waals surface area (Å²) >= 11 is 0. The minimum Gasteiger partial charge on any atom is -0.496 e. The van der Waals surface area contributed by atoms with Crippen molar-refractivity contribution in [1.29, 1.82) is 0 Å². The van der Waals surface area contributed by atoms with E-state index in [4.69, 9.17) is 9.26 Å². The van der Waals surface area contributed by atoms with Crippen LogP contribution in [0.25, 0.3) is 10.8 Å². The fraction of sp³-hybridized carbons (Fsp3) is 0.346. The van der Waals surface area contributed by atoms with Gasteiger partial charge in [0, 0.05) is 28.5 Å². The fourth-order valence-corrected chi connectivity index (χ4v) is 4.66. The molecule has 4 rings (SSSR count). The molecule has 0 saturated heterocycles. The number of aromatic nitrogens is 1. The summed E-state index contributed by atoms with van der Waals surface area (Å²) in [4.78, 5) is 25.2. The Hall–Kier alpha value is -3.70. The number of benzene rings is 2. The second-order valence-corrected chi connectivity index (χ2v) is 8.66. The molecule has 2 N–H and O–H groups in total. The maximum absolute atomic E-state index is 14.1. The Morgan fingerprint density at radius 1 is 1.29 bits per heavy atom. The van der Waals surface area contributed by atoms with E-state index in [-0.39, 0.29) is 6.42 Å². The molecule has 1 atom stereocenters. The Morgan fingerprint density at radius 3 is 2.71 bits per heavy atom. The van der Waals surface area contributed by atoms with Crippen molar-refractivity contribution in [2.45, 2.75) is 50.5 Å². The van der Waals surface area contributed by atoms with Gasteiger partial charge in [-0.1, -0.05) is 17.5 Å². The van der Waals surface area contributed by atoms with Gasteiger partial charge < -0.3 is 19.7 Å². The zero-order valence-corrected chi connectivity index (χ0v) is 19.2. The Kier molecular flexibility index (Phi) is 6.15. The predicted octanol–water partition coefficient (Wildman–Crippen LogP) is 3.85. The van der Waals surface area contributed by atoms with E-state index < -0.39 is 28.4 Å². The van der Waals surface area contributed by atoms with Gasteiger partial charge in [0.2, 0.25) is 5.60 Å². The number of ether oxygens (including phenoxy) is 1. The summed E-state index contributed by atoms with van der Waals surface area (Å²) in [5.41, 5.74) is -1.81. The summed E-state index contributed by atoms with van der Waals surface area (Å²) in [5.74, 6) is 4.69. The molecule has 2 aromatic carbocycles. The van der Waals surface area contributed by atoms with E-state index in [1.165, 1.54) is 25.3 Å². The number of amides is 1. The number of anilines is 1. The van der Waals surface area contributed by atoms with Crippen molar-refractivity contribution >= 4 is 22.4 Å². The molecule has 0 aliphatic heterocycles. The van der Waals surface area contributed by atoms with E-state index >= 15 is 0 Å². The van der Waals surface area contributed by atoms with Gasteiger partial charge in [0.1, 0.15) is 11.6 Å². The summed E-state index contributed by atoms with van der Waals surface area (Å²) in [5, 5.41) is 18.7. The molecule has 1 heterocycles. The van der Waals surface area contributed by atoms with Crippen LogP contribution in [0, 0.1) is 24.6 Å². The molecule has 1 aliphatic rings. The molecule has 1 unspecified atom stereocenters. The fourth-order valence-electron chi connectivity index (χ4n) is 4.66. The first-order chi connectivity index (χ1) is 16.2. The van der Waals surface area contributed by atoms with Crippen molar-refractivity contribution in [3.05, 3.63) is 63.9 Å². The summed E-state index contributed by atoms with van der Waals surface area (Å²) < 4.78 is 24.3. The molecule has 7 nitrogen and oxygen atoms in total. The van der Waals surface area contributed by atoms with Crippen LogP contribution in [0.3, 0.4) is 0 Å². The molecule has 34 heavy (non-hydrogen) atoms. The standard InChI is InChI=1S/C26H25FN2O5/c1-4-10-26(32,15-25(11-5-12-25)21-13-17(27)6-9-22(21)33-3)24(31)28-18-7-8-19-20(14-18)16(2)29-34-23(19)30/h6-9,13-14,32H,5,11-12,15H2,1-3H3,(H,28,31). The van der Waals surface area contributed by atoms with Crippen LogP contribution in [0.5, 0.6) is 5.75 Å². The van der Waals surface area contributed by atoms with Gasteiger partial charge in [-0.05, 0) is 63.1 Å². The Labute approximate surface area is 195 Å². The molecule has 0 bridgehead atoms. The zero-order chi connectivity index (χ0) is 24.5. The van der Waals surface area contributed by atoms with Gasteiger partial charge in [0.05, 0.1) is 18.2 Å². The Morgan fingerprint density at radius 2 is 2.06 bits per heavy atom. The van der Waals surface area contributed by atoms with Crippen molar-refractivity contribution in [1.82, 2.24) is 5.16 Å². The summed E-state index contributed by atoms with van der Waals surface area (Å²) in [6.45, 7) is 3.22. The third-order valence-electron chi connectivity index (χ3n) is 6.50. The largest absolute Gasteiger partial charge is 0.496 e. The van der Waals surface area contributed by atoms with E-state index in [2.05, 4.69) is 22.3 Å². The van der Waals surface area contributed by atoms with Crippen molar-refractivity contribution in [2.75, 3.05) is 12.4 Å². The molecule has 1 saturated carbocycles. The number of hydrogen-bond acceptors (Lipinski definition) is 6. The smallest absolute Gasteiger partial charge is 0.366 e. The van der Waals surface area contributed by atoms with E-state index in [1.54, 1.807) is 32.0 Å². The number of rotatable bonds is 6. The molecule has 0 spiro atoms. The third-order valence-corrected chi connectivity index (χ3v) is 6.50. The zero-order valence-electron chi connectivity index (χ0n) is 19.2. The highest BCUT2D eigenvalue weighted by molar-refractivity contribution is 6.01. The first-order valence-electron chi connectivity index (χ1n) is 10.9. The molecule has 8 heteroatoms. The first-order valence-corrected chi connectivity index (χ1v) is 10.9. The number of aryl methyl sites for hydroxylation is 1. The van der Waals surface area contributed by atoms with Crippen LogP contribution >= 0.6 is 0 Å². The van der Waals surface area contributed by atoms with Crippen LogP contribution in [-0.4, -0.2) is 28.9 Å². The van der Waals surface area contributed by atoms with Gasteiger partial charge in [-0.25, -0.2) is 9.18 Å². The van der Waals surface area contributed by atoms with E-state index in [1.807, 2.05) is 0 Å². The number of aliphatic hydroxyl groups is 1. The maximum Gasteiger partial charge on any atom is 0.366 e. The number of nitrogens with one attached hydrogen (secondary N) is 1. The predicted molar refractivity (Wildman–Crippen MR) is 125 cm³/mol. The second kappa shape index (κ2) is 8.92. The summed E-state index contributed by atoms with van der Waals surface area (Å²) in [7, 11) is 1.50. The van der Waals surface area contributed by atoms with Crippen LogP contribution in [0.4, 0.5) is 10.1 Å². The quantitative estimate of drug-likeness (QED) is 0.538. The minimum atomic E-state index is -2.04. The highest BCUT2D eigenvalue weighted by Gasteiger charge is 2.49. The lowest BCUT2D eigenvalue weighted by atomic mass is 9.59. The lowest BCUT2D eigenvalue weighted by molar-refractivity contribution is -0.131. The Balaban J connectivity index is 1.68. The molecule has 3 aromatic rings. The van der Waals surface area contributed by atoms with Gasteiger partial charge in [0.25, 0.3) is 5.91 Å². The number of carbonyl (C=O) groups is 1. The average Bonchev–Trinajstić information content (AvgIpc) is 2.79. The van der Waals surface area contributed by atoms with Crippen molar-refractivity contribution in [3.8, 4) is 17.6 Å². The maximum atomic E-state index is 14.1. The van der Waals surface area contributed by atoms with Crippen LogP contribution in [0.15, 0.2) is 45.7 Å². The molecule has 0 radical (unpaired) electrons. The van der Waals surface area contributed by atoms with Crippen molar-refractivity contribution in [3.63, 3.8) is 0 Å². The summed E-state index contributed by atoms with van der Waals surface area (Å²) in [6.07, 6.45) is 2.16. The highest BCUT2D eigenvalue weighted by Crippen LogP contribution is 2.52. The van der Waals surface area contributed by atoms with Crippen LogP contribution in [0.2, 0.25) is 0 Å². The van der Waals surface area contributed by atoms with Crippen LogP contribution < -0.4 is 15.7 Å². The number of fused-ring (bicyclic) bond motifs is 1. The number of halogens is 1. The topological polar surface area (TPSA) is 102 Å². The van der Waals surface area contributed by atoms with E-state index in [9.17, 15) is 19.1 Å². The minimum absolute atomic E-state index is 0.0236. The monoisotopic (exact) mass is 464 g/mol. The van der Waals surface area contributed by atoms with Gasteiger partial charge >= 0.3 is 5.63 Å². The molecule has 1 aliphatic carbocycles. The lowest BCUT2D eigenvalue weighted by Crippen LogP contribution is -2.50. The first kappa shape index (κ1) is 23.5. The van der Waals surface area contributed by atoms with Crippen LogP contribution in [-0.2, 0) is 10.2 Å². The second-order valence-electron chi connectivity index (χ2n) is 8.66. The number of nitrogens with zero attached hydrogens (tertiary/aromatic N) is 1. The number of methoxy groups -OCH3 is 1. The van der Waals surface area contributed by atoms with Gasteiger partial charge in [0.15, 0.2) is 0 Å².